The van der Waals surface area contributed by atoms with E-state index in [4.69, 9.17) is 4.74 Å². The second-order valence-corrected chi connectivity index (χ2v) is 5.10. The third-order valence-corrected chi connectivity index (χ3v) is 3.80. The summed E-state index contributed by atoms with van der Waals surface area (Å²) >= 11 is 0. The Morgan fingerprint density at radius 3 is 2.52 bits per heavy atom. The molecule has 0 spiro atoms. The summed E-state index contributed by atoms with van der Waals surface area (Å²) in [5.74, 6) is 0.254. The molecule has 0 radical (unpaired) electrons. The number of anilines is 1. The Bertz CT molecular complexity index is 449. The quantitative estimate of drug-likeness (QED) is 0.805. The van der Waals surface area contributed by atoms with E-state index in [0.717, 1.165) is 50.6 Å². The van der Waals surface area contributed by atoms with E-state index in [1.54, 1.807) is 19.2 Å². The Morgan fingerprint density at radius 2 is 1.90 bits per heavy atom. The SMILES string of the molecule is COCCN1CCN(c2cccc(OC(F)F)c2C)CC1. The summed E-state index contributed by atoms with van der Waals surface area (Å²) in [6.07, 6.45) is 0. The highest BCUT2D eigenvalue weighted by molar-refractivity contribution is 5.59. The minimum Gasteiger partial charge on any atom is -0.434 e. The lowest BCUT2D eigenvalue weighted by atomic mass is 10.1. The second-order valence-electron chi connectivity index (χ2n) is 5.10. The fourth-order valence-corrected chi connectivity index (χ4v) is 2.60. The van der Waals surface area contributed by atoms with Gasteiger partial charge in [0.15, 0.2) is 0 Å². The topological polar surface area (TPSA) is 24.9 Å². The van der Waals surface area contributed by atoms with Crippen LogP contribution in [0.25, 0.3) is 0 Å². The number of rotatable bonds is 6. The molecular formula is C15H22F2N2O2. The van der Waals surface area contributed by atoms with E-state index in [-0.39, 0.29) is 5.75 Å². The van der Waals surface area contributed by atoms with Crippen molar-refractivity contribution in [2.24, 2.45) is 0 Å². The van der Waals surface area contributed by atoms with Crippen LogP contribution in [-0.2, 0) is 4.74 Å². The first-order valence-corrected chi connectivity index (χ1v) is 7.12. The Balaban J connectivity index is 2.00. The predicted molar refractivity (Wildman–Crippen MR) is 78.3 cm³/mol. The highest BCUT2D eigenvalue weighted by Crippen LogP contribution is 2.30. The van der Waals surface area contributed by atoms with E-state index < -0.39 is 6.61 Å². The number of piperazine rings is 1. The van der Waals surface area contributed by atoms with E-state index in [0.29, 0.717) is 0 Å². The molecule has 0 bridgehead atoms. The van der Waals surface area contributed by atoms with E-state index in [2.05, 4.69) is 14.5 Å². The number of benzene rings is 1. The number of ether oxygens (including phenoxy) is 2. The lowest BCUT2D eigenvalue weighted by molar-refractivity contribution is -0.0502. The van der Waals surface area contributed by atoms with E-state index in [1.807, 2.05) is 13.0 Å². The molecule has 0 unspecified atom stereocenters. The van der Waals surface area contributed by atoms with Gasteiger partial charge in [0, 0.05) is 51.1 Å². The maximum atomic E-state index is 12.4. The number of nitrogens with zero attached hydrogens (tertiary/aromatic N) is 2. The Morgan fingerprint density at radius 1 is 1.19 bits per heavy atom. The summed E-state index contributed by atoms with van der Waals surface area (Å²) in [6.45, 7) is 4.35. The molecule has 1 heterocycles. The summed E-state index contributed by atoms with van der Waals surface area (Å²) in [7, 11) is 1.70. The summed E-state index contributed by atoms with van der Waals surface area (Å²) in [4.78, 5) is 4.56. The van der Waals surface area contributed by atoms with Gasteiger partial charge < -0.3 is 14.4 Å². The van der Waals surface area contributed by atoms with Gasteiger partial charge in [-0.1, -0.05) is 6.07 Å². The first-order valence-electron chi connectivity index (χ1n) is 7.12. The van der Waals surface area contributed by atoms with Gasteiger partial charge >= 0.3 is 6.61 Å². The highest BCUT2D eigenvalue weighted by Gasteiger charge is 2.19. The van der Waals surface area contributed by atoms with E-state index in [9.17, 15) is 8.78 Å². The van der Waals surface area contributed by atoms with Crippen LogP contribution in [0.4, 0.5) is 14.5 Å². The highest BCUT2D eigenvalue weighted by atomic mass is 19.3. The molecule has 2 rings (SSSR count). The third kappa shape index (κ3) is 4.28. The Hall–Kier alpha value is -1.40. The van der Waals surface area contributed by atoms with Crippen molar-refractivity contribution >= 4 is 5.69 Å². The van der Waals surface area contributed by atoms with Crippen molar-refractivity contribution in [3.63, 3.8) is 0 Å². The number of methoxy groups -OCH3 is 1. The molecule has 0 atom stereocenters. The van der Waals surface area contributed by atoms with Gasteiger partial charge in [0.2, 0.25) is 0 Å². The van der Waals surface area contributed by atoms with Gasteiger partial charge in [-0.3, -0.25) is 4.90 Å². The van der Waals surface area contributed by atoms with Crippen LogP contribution in [0.1, 0.15) is 5.56 Å². The van der Waals surface area contributed by atoms with Crippen LogP contribution in [0, 0.1) is 6.92 Å². The lowest BCUT2D eigenvalue weighted by Gasteiger charge is -2.36. The zero-order valence-corrected chi connectivity index (χ0v) is 12.5. The van der Waals surface area contributed by atoms with Crippen LogP contribution >= 0.6 is 0 Å². The van der Waals surface area contributed by atoms with Crippen molar-refractivity contribution < 1.29 is 18.3 Å². The smallest absolute Gasteiger partial charge is 0.387 e. The van der Waals surface area contributed by atoms with Gasteiger partial charge in [-0.2, -0.15) is 8.78 Å². The van der Waals surface area contributed by atoms with Crippen molar-refractivity contribution in [1.82, 2.24) is 4.90 Å². The monoisotopic (exact) mass is 300 g/mol. The average molecular weight is 300 g/mol. The number of hydrogen-bond acceptors (Lipinski definition) is 4. The second kappa shape index (κ2) is 7.56. The Labute approximate surface area is 124 Å². The molecule has 0 amide bonds. The lowest BCUT2D eigenvalue weighted by Crippen LogP contribution is -2.47. The molecule has 0 aliphatic carbocycles. The summed E-state index contributed by atoms with van der Waals surface area (Å²) in [6, 6.07) is 5.30. The molecule has 1 aromatic rings. The van der Waals surface area contributed by atoms with Crippen LogP contribution in [0.2, 0.25) is 0 Å². The number of halogens is 2. The number of alkyl halides is 2. The first-order chi connectivity index (χ1) is 10.1. The van der Waals surface area contributed by atoms with Crippen LogP contribution < -0.4 is 9.64 Å². The molecule has 118 valence electrons. The first kappa shape index (κ1) is 16.0. The molecule has 1 saturated heterocycles. The predicted octanol–water partition coefficient (Wildman–Crippen LogP) is 2.36. The average Bonchev–Trinajstić information content (AvgIpc) is 2.47. The summed E-state index contributed by atoms with van der Waals surface area (Å²) in [5.41, 5.74) is 1.74. The standard InChI is InChI=1S/C15H22F2N2O2/c1-12-13(4-3-5-14(12)21-15(16)17)19-8-6-18(7-9-19)10-11-20-2/h3-5,15H,6-11H2,1-2H3. The molecule has 0 saturated carbocycles. The van der Waals surface area contributed by atoms with Crippen LogP contribution in [0.15, 0.2) is 18.2 Å². The Kier molecular flexibility index (Phi) is 5.76. The van der Waals surface area contributed by atoms with Crippen molar-refractivity contribution in [3.8, 4) is 5.75 Å². The molecular weight excluding hydrogens is 278 g/mol. The fourth-order valence-electron chi connectivity index (χ4n) is 2.60. The van der Waals surface area contributed by atoms with Crippen molar-refractivity contribution in [3.05, 3.63) is 23.8 Å². The molecule has 6 heteroatoms. The van der Waals surface area contributed by atoms with Gasteiger partial charge in [0.25, 0.3) is 0 Å². The van der Waals surface area contributed by atoms with E-state index >= 15 is 0 Å². The van der Waals surface area contributed by atoms with Crippen LogP contribution in [0.5, 0.6) is 5.75 Å². The summed E-state index contributed by atoms with van der Waals surface area (Å²) < 4.78 is 34.4. The summed E-state index contributed by atoms with van der Waals surface area (Å²) in [5, 5.41) is 0. The zero-order chi connectivity index (χ0) is 15.2. The molecule has 4 nitrogen and oxygen atoms in total. The van der Waals surface area contributed by atoms with Gasteiger partial charge in [-0.15, -0.1) is 0 Å². The maximum Gasteiger partial charge on any atom is 0.387 e. The molecule has 1 aliphatic heterocycles. The van der Waals surface area contributed by atoms with Gasteiger partial charge in [-0.05, 0) is 19.1 Å². The molecule has 1 aliphatic rings. The van der Waals surface area contributed by atoms with Crippen molar-refractivity contribution in [2.75, 3.05) is 51.3 Å². The third-order valence-electron chi connectivity index (χ3n) is 3.80. The zero-order valence-electron chi connectivity index (χ0n) is 12.5. The minimum atomic E-state index is -2.79. The fraction of sp³-hybridized carbons (Fsp3) is 0.600. The maximum absolute atomic E-state index is 12.4. The van der Waals surface area contributed by atoms with E-state index in [1.165, 1.54) is 0 Å². The molecule has 0 N–H and O–H groups in total. The van der Waals surface area contributed by atoms with Crippen LogP contribution in [-0.4, -0.2) is 58.0 Å². The van der Waals surface area contributed by atoms with Gasteiger partial charge in [0.05, 0.1) is 6.61 Å². The van der Waals surface area contributed by atoms with Crippen molar-refractivity contribution in [2.45, 2.75) is 13.5 Å². The largest absolute Gasteiger partial charge is 0.434 e. The molecule has 1 fully saturated rings. The molecule has 0 aromatic heterocycles. The molecule has 21 heavy (non-hydrogen) atoms. The number of hydrogen-bond donors (Lipinski definition) is 0. The van der Waals surface area contributed by atoms with Gasteiger partial charge in [-0.25, -0.2) is 0 Å². The van der Waals surface area contributed by atoms with Crippen LogP contribution in [0.3, 0.4) is 0 Å². The normalized spacial score (nSPS) is 16.5. The minimum absolute atomic E-state index is 0.254. The van der Waals surface area contributed by atoms with Crippen molar-refractivity contribution in [1.29, 1.82) is 0 Å². The van der Waals surface area contributed by atoms with Gasteiger partial charge in [0.1, 0.15) is 5.75 Å². The molecule has 1 aromatic carbocycles.